The van der Waals surface area contributed by atoms with Gasteiger partial charge < -0.3 is 20.3 Å². The molecule has 0 aromatic heterocycles. The van der Waals surface area contributed by atoms with E-state index in [2.05, 4.69) is 31.4 Å². The zero-order chi connectivity index (χ0) is 32.3. The van der Waals surface area contributed by atoms with E-state index in [1.54, 1.807) is 25.7 Å². The lowest BCUT2D eigenvalue weighted by Gasteiger charge is -2.40. The van der Waals surface area contributed by atoms with Crippen LogP contribution in [0.2, 0.25) is 0 Å². The van der Waals surface area contributed by atoms with Gasteiger partial charge in [0.15, 0.2) is 0 Å². The highest BCUT2D eigenvalue weighted by molar-refractivity contribution is 5.93. The number of alkyl carbamates (subject to hydrolysis) is 1. The van der Waals surface area contributed by atoms with Gasteiger partial charge in [-0.2, -0.15) is 0 Å². The molecule has 2 aromatic rings. The maximum atomic E-state index is 14.8. The number of nitrogens with zero attached hydrogens (tertiary/aromatic N) is 1. The third-order valence-corrected chi connectivity index (χ3v) is 7.74. The van der Waals surface area contributed by atoms with Crippen molar-refractivity contribution in [2.75, 3.05) is 0 Å². The third-order valence-electron chi connectivity index (χ3n) is 7.74. The Labute approximate surface area is 260 Å². The molecule has 2 aromatic carbocycles. The Bertz CT molecular complexity index is 1190. The Hall–Kier alpha value is -3.35. The molecule has 238 valence electrons. The van der Waals surface area contributed by atoms with E-state index in [1.807, 2.05) is 76.2 Å². The molecule has 0 aliphatic rings. The molecule has 0 heterocycles. The SMILES string of the molecule is CCCC(C)NC(=O)C(c1cccc(C)c1C)N(C(=O)C(Cc1ccccc1)NC(=O)OC(C)(C)C)C(C)CCC(C)C. The van der Waals surface area contributed by atoms with Crippen molar-refractivity contribution in [2.45, 2.75) is 131 Å². The highest BCUT2D eigenvalue weighted by Crippen LogP contribution is 2.31. The van der Waals surface area contributed by atoms with Crippen molar-refractivity contribution < 1.29 is 19.1 Å². The van der Waals surface area contributed by atoms with Crippen LogP contribution >= 0.6 is 0 Å². The van der Waals surface area contributed by atoms with Crippen molar-refractivity contribution in [3.05, 3.63) is 70.8 Å². The van der Waals surface area contributed by atoms with E-state index in [0.29, 0.717) is 12.3 Å². The lowest BCUT2D eigenvalue weighted by Crippen LogP contribution is -2.56. The summed E-state index contributed by atoms with van der Waals surface area (Å²) in [5.41, 5.74) is 2.98. The van der Waals surface area contributed by atoms with Crippen LogP contribution in [0, 0.1) is 19.8 Å². The maximum Gasteiger partial charge on any atom is 0.408 e. The van der Waals surface area contributed by atoms with E-state index >= 15 is 0 Å². The molecule has 0 saturated carbocycles. The molecule has 0 spiro atoms. The van der Waals surface area contributed by atoms with Crippen LogP contribution in [0.25, 0.3) is 0 Å². The van der Waals surface area contributed by atoms with E-state index in [-0.39, 0.29) is 30.3 Å². The predicted molar refractivity (Wildman–Crippen MR) is 175 cm³/mol. The standard InChI is InChI=1S/C36H55N3O4/c1-11-16-26(5)37-33(40)32(30-20-15-17-25(4)28(30)7)39(27(6)22-21-24(2)3)34(41)31(23-29-18-13-12-14-19-29)38-35(42)43-36(8,9)10/h12-15,17-20,24,26-27,31-32H,11,16,21-23H2,1-10H3,(H,37,40)(H,38,42). The molecule has 3 amide bonds. The van der Waals surface area contributed by atoms with Gasteiger partial charge in [-0.1, -0.05) is 75.7 Å². The van der Waals surface area contributed by atoms with Gasteiger partial charge in [0.1, 0.15) is 17.7 Å². The summed E-state index contributed by atoms with van der Waals surface area (Å²) in [6, 6.07) is 13.4. The molecular formula is C36H55N3O4. The first-order chi connectivity index (χ1) is 20.1. The van der Waals surface area contributed by atoms with Gasteiger partial charge in [-0.05, 0) is 95.9 Å². The summed E-state index contributed by atoms with van der Waals surface area (Å²) in [4.78, 5) is 43.9. The zero-order valence-electron chi connectivity index (χ0n) is 28.1. The molecule has 4 atom stereocenters. The van der Waals surface area contributed by atoms with Gasteiger partial charge in [-0.25, -0.2) is 4.79 Å². The second-order valence-corrected chi connectivity index (χ2v) is 13.3. The average molecular weight is 594 g/mol. The number of carbonyl (C=O) groups excluding carboxylic acids is 3. The molecule has 2 N–H and O–H groups in total. The minimum Gasteiger partial charge on any atom is -0.444 e. The van der Waals surface area contributed by atoms with Crippen molar-refractivity contribution in [1.29, 1.82) is 0 Å². The molecule has 2 rings (SSSR count). The molecule has 7 heteroatoms. The Morgan fingerprint density at radius 1 is 0.860 bits per heavy atom. The normalized spacial score (nSPS) is 14.4. The van der Waals surface area contributed by atoms with Gasteiger partial charge in [0.05, 0.1) is 0 Å². The largest absolute Gasteiger partial charge is 0.444 e. The van der Waals surface area contributed by atoms with Crippen LogP contribution in [-0.4, -0.2) is 46.5 Å². The lowest BCUT2D eigenvalue weighted by molar-refractivity contribution is -0.145. The summed E-state index contributed by atoms with van der Waals surface area (Å²) < 4.78 is 5.58. The summed E-state index contributed by atoms with van der Waals surface area (Å²) >= 11 is 0. The molecule has 7 nitrogen and oxygen atoms in total. The third kappa shape index (κ3) is 11.3. The lowest BCUT2D eigenvalue weighted by atomic mass is 9.92. The fourth-order valence-corrected chi connectivity index (χ4v) is 5.31. The van der Waals surface area contributed by atoms with Crippen LogP contribution in [-0.2, 0) is 20.7 Å². The fourth-order valence-electron chi connectivity index (χ4n) is 5.31. The van der Waals surface area contributed by atoms with E-state index in [0.717, 1.165) is 41.5 Å². The topological polar surface area (TPSA) is 87.7 Å². The zero-order valence-corrected chi connectivity index (χ0v) is 28.1. The van der Waals surface area contributed by atoms with Crippen molar-refractivity contribution in [1.82, 2.24) is 15.5 Å². The van der Waals surface area contributed by atoms with Crippen LogP contribution < -0.4 is 10.6 Å². The number of aryl methyl sites for hydroxylation is 1. The number of nitrogens with one attached hydrogen (secondary N) is 2. The Morgan fingerprint density at radius 3 is 2.09 bits per heavy atom. The molecular weight excluding hydrogens is 538 g/mol. The van der Waals surface area contributed by atoms with Gasteiger partial charge in [0, 0.05) is 18.5 Å². The second-order valence-electron chi connectivity index (χ2n) is 13.3. The number of rotatable bonds is 14. The number of hydrogen-bond donors (Lipinski definition) is 2. The number of ether oxygens (including phenoxy) is 1. The number of carbonyl (C=O) groups is 3. The molecule has 43 heavy (non-hydrogen) atoms. The van der Waals surface area contributed by atoms with E-state index in [9.17, 15) is 14.4 Å². The monoisotopic (exact) mass is 593 g/mol. The summed E-state index contributed by atoms with van der Waals surface area (Å²) in [7, 11) is 0. The highest BCUT2D eigenvalue weighted by Gasteiger charge is 2.40. The highest BCUT2D eigenvalue weighted by atomic mass is 16.6. The van der Waals surface area contributed by atoms with Gasteiger partial charge in [-0.15, -0.1) is 0 Å². The average Bonchev–Trinajstić information content (AvgIpc) is 2.91. The summed E-state index contributed by atoms with van der Waals surface area (Å²) in [5.74, 6) is -0.0951. The fraction of sp³-hybridized carbons (Fsp3) is 0.583. The minimum absolute atomic E-state index is 0.0481. The number of amides is 3. The van der Waals surface area contributed by atoms with Crippen molar-refractivity contribution in [3.8, 4) is 0 Å². The quantitative estimate of drug-likeness (QED) is 0.238. The van der Waals surface area contributed by atoms with Crippen LogP contribution in [0.4, 0.5) is 4.79 Å². The van der Waals surface area contributed by atoms with Gasteiger partial charge in [0.2, 0.25) is 11.8 Å². The number of hydrogen-bond acceptors (Lipinski definition) is 4. The first-order valence-corrected chi connectivity index (χ1v) is 15.9. The molecule has 0 aliphatic carbocycles. The van der Waals surface area contributed by atoms with Crippen LogP contribution in [0.1, 0.15) is 109 Å². The summed E-state index contributed by atoms with van der Waals surface area (Å²) in [6.45, 7) is 19.8. The van der Waals surface area contributed by atoms with Gasteiger partial charge in [-0.3, -0.25) is 9.59 Å². The smallest absolute Gasteiger partial charge is 0.408 e. The molecule has 0 fully saturated rings. The van der Waals surface area contributed by atoms with E-state index in [1.165, 1.54) is 0 Å². The molecule has 0 aliphatic heterocycles. The van der Waals surface area contributed by atoms with Crippen LogP contribution in [0.3, 0.4) is 0 Å². The van der Waals surface area contributed by atoms with Crippen molar-refractivity contribution in [3.63, 3.8) is 0 Å². The van der Waals surface area contributed by atoms with Crippen molar-refractivity contribution in [2.24, 2.45) is 5.92 Å². The summed E-state index contributed by atoms with van der Waals surface area (Å²) in [6.07, 6.45) is 2.97. The van der Waals surface area contributed by atoms with Gasteiger partial charge in [0.25, 0.3) is 0 Å². The van der Waals surface area contributed by atoms with Crippen molar-refractivity contribution >= 4 is 17.9 Å². The molecule has 0 bridgehead atoms. The molecule has 4 unspecified atom stereocenters. The number of benzene rings is 2. The molecule has 0 radical (unpaired) electrons. The Morgan fingerprint density at radius 2 is 1.51 bits per heavy atom. The first-order valence-electron chi connectivity index (χ1n) is 15.9. The first kappa shape index (κ1) is 35.8. The minimum atomic E-state index is -0.938. The second kappa shape index (κ2) is 16.5. The van der Waals surface area contributed by atoms with E-state index in [4.69, 9.17) is 4.74 Å². The van der Waals surface area contributed by atoms with Gasteiger partial charge >= 0.3 is 6.09 Å². The predicted octanol–water partition coefficient (Wildman–Crippen LogP) is 7.44. The van der Waals surface area contributed by atoms with E-state index < -0.39 is 23.8 Å². The Balaban J connectivity index is 2.70. The Kier molecular flexibility index (Phi) is 13.7. The van der Waals surface area contributed by atoms with Crippen LogP contribution in [0.5, 0.6) is 0 Å². The van der Waals surface area contributed by atoms with Crippen LogP contribution in [0.15, 0.2) is 48.5 Å². The molecule has 0 saturated heterocycles. The maximum absolute atomic E-state index is 14.8. The summed E-state index contributed by atoms with van der Waals surface area (Å²) in [5, 5.41) is 6.07.